The van der Waals surface area contributed by atoms with Crippen LogP contribution < -0.4 is 21.3 Å². The van der Waals surface area contributed by atoms with Crippen LogP contribution in [0, 0.1) is 5.41 Å². The highest BCUT2D eigenvalue weighted by molar-refractivity contribution is 6.46. The van der Waals surface area contributed by atoms with E-state index in [0.29, 0.717) is 0 Å². The standard InChI is InChI=1S/C19H14Cl4N4O4/c1-19(2)17(30)26-13-5-9(22)7(20)3-11(13)24-15(28)16(29)25-12-4-8(21)10(23)6-14(12)27-18(19)31/h3-6H,1-2H3,(H,24,28)(H,25,29)(H,26,30)(H,27,31). The fourth-order valence-corrected chi connectivity index (χ4v) is 3.18. The van der Waals surface area contributed by atoms with E-state index in [1.54, 1.807) is 0 Å². The Kier molecular flexibility index (Phi) is 6.38. The van der Waals surface area contributed by atoms with Gasteiger partial charge in [0.2, 0.25) is 11.8 Å². The molecule has 0 aliphatic carbocycles. The van der Waals surface area contributed by atoms with Gasteiger partial charge in [-0.15, -0.1) is 0 Å². The van der Waals surface area contributed by atoms with Crippen LogP contribution in [-0.2, 0) is 19.2 Å². The summed E-state index contributed by atoms with van der Waals surface area (Å²) in [6.07, 6.45) is 0. The molecule has 4 N–H and O–H groups in total. The minimum Gasteiger partial charge on any atom is -0.323 e. The van der Waals surface area contributed by atoms with Gasteiger partial charge in [-0.3, -0.25) is 19.2 Å². The average molecular weight is 504 g/mol. The molecule has 8 nitrogen and oxygen atoms in total. The predicted molar refractivity (Wildman–Crippen MR) is 121 cm³/mol. The lowest BCUT2D eigenvalue weighted by Gasteiger charge is -2.24. The molecule has 0 bridgehead atoms. The summed E-state index contributed by atoms with van der Waals surface area (Å²) in [6.45, 7) is 2.78. The van der Waals surface area contributed by atoms with Crippen LogP contribution in [0.1, 0.15) is 13.8 Å². The third kappa shape index (κ3) is 4.72. The van der Waals surface area contributed by atoms with E-state index >= 15 is 0 Å². The zero-order valence-corrected chi connectivity index (χ0v) is 19.0. The fraction of sp³-hybridized carbons (Fsp3) is 0.158. The number of hydrogen-bond acceptors (Lipinski definition) is 4. The number of rotatable bonds is 0. The number of amides is 4. The van der Waals surface area contributed by atoms with Gasteiger partial charge in [0.15, 0.2) is 0 Å². The summed E-state index contributed by atoms with van der Waals surface area (Å²) in [5.41, 5.74) is -1.48. The van der Waals surface area contributed by atoms with Crippen LogP contribution in [-0.4, -0.2) is 23.6 Å². The molecular weight excluding hydrogens is 490 g/mol. The molecule has 0 aromatic heterocycles. The Morgan fingerprint density at radius 1 is 0.548 bits per heavy atom. The summed E-state index contributed by atoms with van der Waals surface area (Å²) in [7, 11) is 0. The highest BCUT2D eigenvalue weighted by Crippen LogP contribution is 2.36. The minimum atomic E-state index is -1.59. The largest absolute Gasteiger partial charge is 0.323 e. The van der Waals surface area contributed by atoms with Gasteiger partial charge in [-0.05, 0) is 38.1 Å². The van der Waals surface area contributed by atoms with E-state index in [1.807, 2.05) is 0 Å². The molecule has 4 amide bonds. The molecule has 1 heterocycles. The lowest BCUT2D eigenvalue weighted by molar-refractivity contribution is -0.135. The van der Waals surface area contributed by atoms with Crippen molar-refractivity contribution < 1.29 is 19.2 Å². The molecule has 2 aromatic carbocycles. The number of nitrogens with one attached hydrogen (secondary N) is 4. The van der Waals surface area contributed by atoms with Gasteiger partial charge in [0, 0.05) is 0 Å². The molecule has 0 spiro atoms. The van der Waals surface area contributed by atoms with Crippen molar-refractivity contribution in [1.29, 1.82) is 0 Å². The Bertz CT molecular complexity index is 1060. The first-order chi connectivity index (χ1) is 14.4. The number of halogens is 4. The van der Waals surface area contributed by atoms with E-state index in [4.69, 9.17) is 46.4 Å². The maximum Gasteiger partial charge on any atom is 0.314 e. The van der Waals surface area contributed by atoms with E-state index in [-0.39, 0.29) is 42.8 Å². The summed E-state index contributed by atoms with van der Waals surface area (Å²) in [6, 6.07) is 5.11. The van der Waals surface area contributed by atoms with Crippen molar-refractivity contribution in [3.63, 3.8) is 0 Å². The minimum absolute atomic E-state index is 0.00715. The molecule has 0 saturated heterocycles. The van der Waals surface area contributed by atoms with Crippen molar-refractivity contribution in [3.8, 4) is 0 Å². The summed E-state index contributed by atoms with van der Waals surface area (Å²) < 4.78 is 0. The Morgan fingerprint density at radius 3 is 1.10 bits per heavy atom. The highest BCUT2D eigenvalue weighted by atomic mass is 35.5. The Labute approximate surface area is 196 Å². The molecule has 0 fully saturated rings. The highest BCUT2D eigenvalue weighted by Gasteiger charge is 2.37. The molecule has 0 radical (unpaired) electrons. The van der Waals surface area contributed by atoms with Crippen LogP contribution in [0.4, 0.5) is 22.7 Å². The molecule has 0 atom stereocenters. The molecular formula is C19H14Cl4N4O4. The summed E-state index contributed by atoms with van der Waals surface area (Å²) in [4.78, 5) is 50.7. The van der Waals surface area contributed by atoms with Crippen LogP contribution in [0.15, 0.2) is 24.3 Å². The molecule has 3 rings (SSSR count). The van der Waals surface area contributed by atoms with Gasteiger partial charge in [-0.1, -0.05) is 46.4 Å². The number of fused-ring (bicyclic) bond motifs is 2. The number of anilines is 4. The second-order valence-corrected chi connectivity index (χ2v) is 8.69. The Morgan fingerprint density at radius 2 is 0.806 bits per heavy atom. The molecule has 1 aliphatic rings. The quantitative estimate of drug-likeness (QED) is 0.305. The first kappa shape index (κ1) is 23.1. The average Bonchev–Trinajstić information content (AvgIpc) is 2.68. The van der Waals surface area contributed by atoms with E-state index < -0.39 is 29.0 Å². The van der Waals surface area contributed by atoms with E-state index in [0.717, 1.165) is 0 Å². The van der Waals surface area contributed by atoms with Crippen LogP contribution >= 0.6 is 46.4 Å². The normalized spacial score (nSPS) is 16.3. The van der Waals surface area contributed by atoms with Crippen LogP contribution in [0.3, 0.4) is 0 Å². The number of benzene rings is 2. The lowest BCUT2D eigenvalue weighted by Crippen LogP contribution is -2.41. The maximum absolute atomic E-state index is 12.9. The van der Waals surface area contributed by atoms with Gasteiger partial charge in [0.25, 0.3) is 0 Å². The third-order valence-electron chi connectivity index (χ3n) is 4.46. The Balaban J connectivity index is 2.15. The maximum atomic E-state index is 12.9. The van der Waals surface area contributed by atoms with E-state index in [1.165, 1.54) is 38.1 Å². The molecule has 12 heteroatoms. The van der Waals surface area contributed by atoms with Gasteiger partial charge in [-0.25, -0.2) is 0 Å². The van der Waals surface area contributed by atoms with Crippen LogP contribution in [0.5, 0.6) is 0 Å². The molecule has 1 aliphatic heterocycles. The van der Waals surface area contributed by atoms with E-state index in [9.17, 15) is 19.2 Å². The number of hydrogen-bond donors (Lipinski definition) is 4. The van der Waals surface area contributed by atoms with Gasteiger partial charge >= 0.3 is 11.8 Å². The first-order valence-electron chi connectivity index (χ1n) is 8.63. The summed E-state index contributed by atoms with van der Waals surface area (Å²) in [5, 5.41) is 10.1. The predicted octanol–water partition coefficient (Wildman–Crippen LogP) is 4.79. The molecule has 2 aromatic rings. The van der Waals surface area contributed by atoms with Crippen molar-refractivity contribution in [2.24, 2.45) is 5.41 Å². The molecule has 162 valence electrons. The first-order valence-corrected chi connectivity index (χ1v) is 10.1. The SMILES string of the molecule is CC1(C)C(=O)Nc2cc(Cl)c(Cl)cc2NC(=O)C(=O)Nc2cc(Cl)c(Cl)cc2NC1=O. The Hall–Kier alpha value is -2.52. The monoisotopic (exact) mass is 502 g/mol. The van der Waals surface area contributed by atoms with Crippen molar-refractivity contribution in [1.82, 2.24) is 0 Å². The van der Waals surface area contributed by atoms with Crippen LogP contribution in [0.25, 0.3) is 0 Å². The van der Waals surface area contributed by atoms with E-state index in [2.05, 4.69) is 21.3 Å². The zero-order valence-electron chi connectivity index (χ0n) is 16.0. The van der Waals surface area contributed by atoms with Crippen LogP contribution in [0.2, 0.25) is 20.1 Å². The van der Waals surface area contributed by atoms with Crippen molar-refractivity contribution in [2.75, 3.05) is 21.3 Å². The van der Waals surface area contributed by atoms with Gasteiger partial charge in [0.05, 0.1) is 42.8 Å². The zero-order chi connectivity index (χ0) is 23.1. The van der Waals surface area contributed by atoms with Gasteiger partial charge in [0.1, 0.15) is 5.41 Å². The number of carbonyl (C=O) groups excluding carboxylic acids is 4. The topological polar surface area (TPSA) is 116 Å². The molecule has 0 saturated carbocycles. The summed E-state index contributed by atoms with van der Waals surface area (Å²) in [5.74, 6) is -3.57. The second kappa shape index (κ2) is 8.55. The summed E-state index contributed by atoms with van der Waals surface area (Å²) >= 11 is 24.1. The number of carbonyl (C=O) groups is 4. The van der Waals surface area contributed by atoms with Crippen molar-refractivity contribution in [3.05, 3.63) is 44.4 Å². The van der Waals surface area contributed by atoms with Crippen molar-refractivity contribution >= 4 is 92.8 Å². The van der Waals surface area contributed by atoms with Gasteiger partial charge < -0.3 is 21.3 Å². The third-order valence-corrected chi connectivity index (χ3v) is 5.90. The molecule has 0 unspecified atom stereocenters. The molecule has 31 heavy (non-hydrogen) atoms. The van der Waals surface area contributed by atoms with Crippen molar-refractivity contribution in [2.45, 2.75) is 13.8 Å². The lowest BCUT2D eigenvalue weighted by atomic mass is 9.90. The van der Waals surface area contributed by atoms with Gasteiger partial charge in [-0.2, -0.15) is 0 Å². The second-order valence-electron chi connectivity index (χ2n) is 7.07. The fourth-order valence-electron chi connectivity index (χ4n) is 2.53. The smallest absolute Gasteiger partial charge is 0.314 e.